The Labute approximate surface area is 140 Å². The van der Waals surface area contributed by atoms with Crippen LogP contribution < -0.4 is 0 Å². The number of pyridine rings is 1. The summed E-state index contributed by atoms with van der Waals surface area (Å²) in [5.74, 6) is 0. The van der Waals surface area contributed by atoms with E-state index in [1.165, 1.54) is 29.5 Å². The quantitative estimate of drug-likeness (QED) is 0.774. The van der Waals surface area contributed by atoms with E-state index in [9.17, 15) is 0 Å². The van der Waals surface area contributed by atoms with E-state index in [0.717, 1.165) is 19.1 Å². The highest BCUT2D eigenvalue weighted by Gasteiger charge is 2.29. The average molecular weight is 309 g/mol. The maximum Gasteiger partial charge on any atom is 0.0313 e. The molecule has 1 aromatic carbocycles. The van der Waals surface area contributed by atoms with Crippen molar-refractivity contribution in [2.24, 2.45) is 0 Å². The molecule has 3 nitrogen and oxygen atoms in total. The summed E-state index contributed by atoms with van der Waals surface area (Å²) in [6.07, 6.45) is 6.49. The van der Waals surface area contributed by atoms with Crippen molar-refractivity contribution < 1.29 is 0 Å². The molecule has 0 amide bonds. The van der Waals surface area contributed by atoms with Crippen molar-refractivity contribution in [2.75, 3.05) is 14.1 Å². The van der Waals surface area contributed by atoms with Gasteiger partial charge in [0.05, 0.1) is 0 Å². The number of hydrogen-bond acceptors (Lipinski definition) is 3. The second-order valence-corrected chi connectivity index (χ2v) is 6.88. The SMILES string of the molecule is C[C@H](c1cccc(CN(Cc2cccnc2)C2CC2)c1)N(C)C. The Morgan fingerprint density at radius 1 is 1.09 bits per heavy atom. The van der Waals surface area contributed by atoms with Gasteiger partial charge in [-0.25, -0.2) is 0 Å². The van der Waals surface area contributed by atoms with Crippen LogP contribution in [0.3, 0.4) is 0 Å². The molecule has 1 fully saturated rings. The Morgan fingerprint density at radius 2 is 1.83 bits per heavy atom. The Morgan fingerprint density at radius 3 is 2.48 bits per heavy atom. The van der Waals surface area contributed by atoms with Gasteiger partial charge in [0.1, 0.15) is 0 Å². The predicted molar refractivity (Wildman–Crippen MR) is 95.1 cm³/mol. The summed E-state index contributed by atoms with van der Waals surface area (Å²) >= 11 is 0. The van der Waals surface area contributed by atoms with Gasteiger partial charge in [-0.05, 0) is 56.6 Å². The van der Waals surface area contributed by atoms with Gasteiger partial charge in [0.2, 0.25) is 0 Å². The lowest BCUT2D eigenvalue weighted by atomic mass is 10.0. The molecule has 1 atom stereocenters. The van der Waals surface area contributed by atoms with Gasteiger partial charge in [0.15, 0.2) is 0 Å². The monoisotopic (exact) mass is 309 g/mol. The molecule has 2 aromatic rings. The van der Waals surface area contributed by atoms with Gasteiger partial charge in [-0.15, -0.1) is 0 Å². The zero-order valence-electron chi connectivity index (χ0n) is 14.4. The minimum absolute atomic E-state index is 0.447. The lowest BCUT2D eigenvalue weighted by molar-refractivity contribution is 0.245. The van der Waals surface area contributed by atoms with Crippen LogP contribution in [-0.2, 0) is 13.1 Å². The molecular weight excluding hydrogens is 282 g/mol. The first-order valence-corrected chi connectivity index (χ1v) is 8.51. The first-order chi connectivity index (χ1) is 11.1. The van der Waals surface area contributed by atoms with Gasteiger partial charge in [-0.2, -0.15) is 0 Å². The highest BCUT2D eigenvalue weighted by Crippen LogP contribution is 2.30. The normalized spacial score (nSPS) is 16.0. The molecule has 122 valence electrons. The molecule has 1 aliphatic carbocycles. The van der Waals surface area contributed by atoms with Crippen molar-refractivity contribution in [2.45, 2.75) is 44.9 Å². The first kappa shape index (κ1) is 16.2. The minimum Gasteiger partial charge on any atom is -0.303 e. The van der Waals surface area contributed by atoms with Gasteiger partial charge in [0, 0.05) is 37.6 Å². The number of nitrogens with zero attached hydrogens (tertiary/aromatic N) is 3. The molecule has 0 saturated heterocycles. The van der Waals surface area contributed by atoms with Crippen LogP contribution in [0, 0.1) is 0 Å². The second kappa shape index (κ2) is 7.24. The van der Waals surface area contributed by atoms with E-state index in [2.05, 4.69) is 66.1 Å². The number of hydrogen-bond donors (Lipinski definition) is 0. The van der Waals surface area contributed by atoms with E-state index in [0.29, 0.717) is 6.04 Å². The predicted octanol–water partition coefficient (Wildman–Crippen LogP) is 3.87. The molecule has 0 N–H and O–H groups in total. The van der Waals surface area contributed by atoms with Gasteiger partial charge >= 0.3 is 0 Å². The van der Waals surface area contributed by atoms with Crippen molar-refractivity contribution in [3.63, 3.8) is 0 Å². The van der Waals surface area contributed by atoms with Crippen molar-refractivity contribution in [1.29, 1.82) is 0 Å². The van der Waals surface area contributed by atoms with Crippen LogP contribution in [-0.4, -0.2) is 34.9 Å². The zero-order valence-corrected chi connectivity index (χ0v) is 14.4. The minimum atomic E-state index is 0.447. The zero-order chi connectivity index (χ0) is 16.2. The standard InChI is InChI=1S/C20H27N3/c1-16(22(2)3)19-8-4-6-17(12-19)14-23(20-9-10-20)15-18-7-5-11-21-13-18/h4-8,11-13,16,20H,9-10,14-15H2,1-3H3/t16-/m1/s1. The van der Waals surface area contributed by atoms with E-state index in [4.69, 9.17) is 0 Å². The van der Waals surface area contributed by atoms with Gasteiger partial charge in [-0.3, -0.25) is 9.88 Å². The molecule has 1 heterocycles. The van der Waals surface area contributed by atoms with Crippen LogP contribution in [0.15, 0.2) is 48.8 Å². The summed E-state index contributed by atoms with van der Waals surface area (Å²) in [5.41, 5.74) is 4.11. The van der Waals surface area contributed by atoms with Gasteiger partial charge < -0.3 is 4.90 Å². The molecule has 3 rings (SSSR count). The van der Waals surface area contributed by atoms with Crippen molar-refractivity contribution in [3.8, 4) is 0 Å². The third-order valence-corrected chi connectivity index (χ3v) is 4.77. The summed E-state index contributed by atoms with van der Waals surface area (Å²) in [4.78, 5) is 9.10. The highest BCUT2D eigenvalue weighted by atomic mass is 15.2. The lowest BCUT2D eigenvalue weighted by Crippen LogP contribution is -2.25. The second-order valence-electron chi connectivity index (χ2n) is 6.88. The topological polar surface area (TPSA) is 19.4 Å². The Hall–Kier alpha value is -1.71. The summed E-state index contributed by atoms with van der Waals surface area (Å²) in [5, 5.41) is 0. The van der Waals surface area contributed by atoms with Gasteiger partial charge in [0.25, 0.3) is 0 Å². The largest absolute Gasteiger partial charge is 0.303 e. The molecule has 0 unspecified atom stereocenters. The number of aromatic nitrogens is 1. The van der Waals surface area contributed by atoms with Crippen LogP contribution in [0.4, 0.5) is 0 Å². The molecule has 0 radical (unpaired) electrons. The fourth-order valence-corrected chi connectivity index (χ4v) is 2.96. The molecule has 1 aliphatic rings. The highest BCUT2D eigenvalue weighted by molar-refractivity contribution is 5.26. The van der Waals surface area contributed by atoms with E-state index in [-0.39, 0.29) is 0 Å². The fourth-order valence-electron chi connectivity index (χ4n) is 2.96. The first-order valence-electron chi connectivity index (χ1n) is 8.51. The summed E-state index contributed by atoms with van der Waals surface area (Å²) in [7, 11) is 4.27. The maximum absolute atomic E-state index is 4.25. The Kier molecular flexibility index (Phi) is 5.09. The Balaban J connectivity index is 1.72. The van der Waals surface area contributed by atoms with E-state index >= 15 is 0 Å². The van der Waals surface area contributed by atoms with Crippen LogP contribution in [0.2, 0.25) is 0 Å². The van der Waals surface area contributed by atoms with Crippen molar-refractivity contribution >= 4 is 0 Å². The van der Waals surface area contributed by atoms with Crippen LogP contribution in [0.5, 0.6) is 0 Å². The molecular formula is C20H27N3. The summed E-state index contributed by atoms with van der Waals surface area (Å²) < 4.78 is 0. The molecule has 23 heavy (non-hydrogen) atoms. The molecule has 1 saturated carbocycles. The van der Waals surface area contributed by atoms with E-state index in [1.54, 1.807) is 0 Å². The lowest BCUT2D eigenvalue weighted by Gasteiger charge is -2.24. The number of benzene rings is 1. The van der Waals surface area contributed by atoms with Crippen molar-refractivity contribution in [1.82, 2.24) is 14.8 Å². The molecule has 3 heteroatoms. The molecule has 0 bridgehead atoms. The maximum atomic E-state index is 4.25. The summed E-state index contributed by atoms with van der Waals surface area (Å²) in [6.45, 7) is 4.27. The van der Waals surface area contributed by atoms with E-state index in [1.807, 2.05) is 18.5 Å². The molecule has 0 spiro atoms. The third-order valence-electron chi connectivity index (χ3n) is 4.77. The van der Waals surface area contributed by atoms with Crippen LogP contribution >= 0.6 is 0 Å². The smallest absolute Gasteiger partial charge is 0.0313 e. The molecule has 0 aliphatic heterocycles. The van der Waals surface area contributed by atoms with Crippen LogP contribution in [0.1, 0.15) is 42.5 Å². The number of rotatable bonds is 7. The average Bonchev–Trinajstić information content (AvgIpc) is 3.39. The van der Waals surface area contributed by atoms with Crippen molar-refractivity contribution in [3.05, 3.63) is 65.5 Å². The van der Waals surface area contributed by atoms with Crippen LogP contribution in [0.25, 0.3) is 0 Å². The fraction of sp³-hybridized carbons (Fsp3) is 0.450. The molecule has 1 aromatic heterocycles. The Bertz CT molecular complexity index is 620. The van der Waals surface area contributed by atoms with Gasteiger partial charge in [-0.1, -0.05) is 30.3 Å². The summed E-state index contributed by atoms with van der Waals surface area (Å²) in [6, 6.07) is 14.4. The van der Waals surface area contributed by atoms with E-state index < -0.39 is 0 Å². The third kappa shape index (κ3) is 4.40.